The third-order valence-corrected chi connectivity index (χ3v) is 1.34. The van der Waals surface area contributed by atoms with Crippen LogP contribution in [0, 0.1) is 0 Å². The van der Waals surface area contributed by atoms with Crippen molar-refractivity contribution in [2.45, 2.75) is 6.92 Å². The molecule has 0 atom stereocenters. The zero-order valence-corrected chi connectivity index (χ0v) is 7.17. The quantitative estimate of drug-likeness (QED) is 0.565. The van der Waals surface area contributed by atoms with Gasteiger partial charge in [-0.1, -0.05) is 0 Å². The Morgan fingerprint density at radius 3 is 2.00 bits per heavy atom. The summed E-state index contributed by atoms with van der Waals surface area (Å²) in [6.07, 6.45) is 4.20. The SMILES string of the molecule is CCN1C=CN(C)C1.FB(F)F. The summed E-state index contributed by atoms with van der Waals surface area (Å²) in [6.45, 7) is 4.32. The molecule has 0 saturated heterocycles. The van der Waals surface area contributed by atoms with E-state index < -0.39 is 7.54 Å². The van der Waals surface area contributed by atoms with E-state index in [-0.39, 0.29) is 0 Å². The van der Waals surface area contributed by atoms with Crippen molar-refractivity contribution in [3.8, 4) is 0 Å². The Labute approximate surface area is 70.9 Å². The molecule has 0 aromatic heterocycles. The molecule has 1 aliphatic rings. The van der Waals surface area contributed by atoms with Gasteiger partial charge in [0.25, 0.3) is 0 Å². The smallest absolute Gasteiger partial charge is 0.362 e. The Kier molecular flexibility index (Phi) is 5.41. The molecule has 12 heavy (non-hydrogen) atoms. The van der Waals surface area contributed by atoms with Crippen LogP contribution in [-0.4, -0.2) is 37.6 Å². The minimum absolute atomic E-state index is 1.05. The summed E-state index contributed by atoms with van der Waals surface area (Å²) >= 11 is 0. The fraction of sp³-hybridized carbons (Fsp3) is 0.667. The molecule has 0 amide bonds. The van der Waals surface area contributed by atoms with E-state index in [0.717, 1.165) is 13.2 Å². The van der Waals surface area contributed by atoms with Crippen LogP contribution in [0.4, 0.5) is 12.9 Å². The van der Waals surface area contributed by atoms with Crippen molar-refractivity contribution in [3.63, 3.8) is 0 Å². The average Bonchev–Trinajstić information content (AvgIpc) is 2.34. The van der Waals surface area contributed by atoms with E-state index in [0.29, 0.717) is 0 Å². The normalized spacial score (nSPS) is 14.4. The standard InChI is InChI=1S/C6H12N2.BF3/c1-3-8-5-4-7(2)6-8;2-1(3)4/h4-5H,3,6H2,1-2H3;. The van der Waals surface area contributed by atoms with E-state index in [1.807, 2.05) is 0 Å². The molecule has 1 rings (SSSR count). The molecule has 70 valence electrons. The minimum atomic E-state index is -3.67. The maximum Gasteiger partial charge on any atom is 0.762 e. The lowest BCUT2D eigenvalue weighted by Crippen LogP contribution is -2.21. The molecule has 0 bridgehead atoms. The van der Waals surface area contributed by atoms with E-state index in [4.69, 9.17) is 0 Å². The number of hydrogen-bond donors (Lipinski definition) is 0. The average molecular weight is 180 g/mol. The molecule has 6 heteroatoms. The van der Waals surface area contributed by atoms with Crippen molar-refractivity contribution >= 4 is 7.54 Å². The van der Waals surface area contributed by atoms with Crippen molar-refractivity contribution in [2.75, 3.05) is 20.3 Å². The summed E-state index contributed by atoms with van der Waals surface area (Å²) in [5.41, 5.74) is 0. The first-order chi connectivity index (χ1) is 5.56. The van der Waals surface area contributed by atoms with Crippen LogP contribution in [0.15, 0.2) is 12.4 Å². The van der Waals surface area contributed by atoms with Gasteiger partial charge >= 0.3 is 7.54 Å². The van der Waals surface area contributed by atoms with Gasteiger partial charge in [0.2, 0.25) is 0 Å². The molecule has 0 fully saturated rings. The maximum absolute atomic E-state index is 9.67. The highest BCUT2D eigenvalue weighted by Gasteiger charge is 2.06. The fourth-order valence-corrected chi connectivity index (χ4v) is 0.794. The number of halogens is 3. The zero-order chi connectivity index (χ0) is 9.56. The summed E-state index contributed by atoms with van der Waals surface area (Å²) in [5.74, 6) is 0. The van der Waals surface area contributed by atoms with Crippen LogP contribution in [0.5, 0.6) is 0 Å². The Bertz CT molecular complexity index is 140. The van der Waals surface area contributed by atoms with Crippen molar-refractivity contribution in [2.24, 2.45) is 0 Å². The molecule has 0 aliphatic carbocycles. The van der Waals surface area contributed by atoms with Gasteiger partial charge in [-0.2, -0.15) is 0 Å². The highest BCUT2D eigenvalue weighted by molar-refractivity contribution is 6.33. The minimum Gasteiger partial charge on any atom is -0.362 e. The van der Waals surface area contributed by atoms with E-state index in [1.165, 1.54) is 0 Å². The third-order valence-electron chi connectivity index (χ3n) is 1.34. The van der Waals surface area contributed by atoms with Gasteiger partial charge < -0.3 is 9.80 Å². The Balaban J connectivity index is 0.000000261. The van der Waals surface area contributed by atoms with Crippen LogP contribution in [0.1, 0.15) is 6.92 Å². The summed E-state index contributed by atoms with van der Waals surface area (Å²) in [5, 5.41) is 0. The van der Waals surface area contributed by atoms with Crippen LogP contribution in [-0.2, 0) is 0 Å². The second kappa shape index (κ2) is 5.80. The van der Waals surface area contributed by atoms with Crippen LogP contribution in [0.2, 0.25) is 0 Å². The molecular weight excluding hydrogens is 168 g/mol. The maximum atomic E-state index is 9.67. The van der Waals surface area contributed by atoms with Gasteiger partial charge in [-0.25, -0.2) is 0 Å². The second-order valence-corrected chi connectivity index (χ2v) is 2.35. The summed E-state index contributed by atoms with van der Waals surface area (Å²) in [6, 6.07) is 0. The van der Waals surface area contributed by atoms with Crippen molar-refractivity contribution in [1.29, 1.82) is 0 Å². The van der Waals surface area contributed by atoms with Gasteiger partial charge in [0, 0.05) is 26.0 Å². The number of rotatable bonds is 1. The zero-order valence-electron chi connectivity index (χ0n) is 7.17. The molecule has 1 aliphatic heterocycles. The topological polar surface area (TPSA) is 6.48 Å². The molecule has 0 radical (unpaired) electrons. The molecule has 0 N–H and O–H groups in total. The molecule has 0 saturated carbocycles. The van der Waals surface area contributed by atoms with Gasteiger partial charge in [-0.3, -0.25) is 12.9 Å². The largest absolute Gasteiger partial charge is 0.762 e. The van der Waals surface area contributed by atoms with Gasteiger partial charge in [-0.05, 0) is 6.92 Å². The Morgan fingerprint density at radius 1 is 1.33 bits per heavy atom. The van der Waals surface area contributed by atoms with E-state index in [1.54, 1.807) is 0 Å². The first kappa shape index (κ1) is 11.2. The molecular formula is C6H12BF3N2. The summed E-state index contributed by atoms with van der Waals surface area (Å²) in [4.78, 5) is 4.41. The van der Waals surface area contributed by atoms with Gasteiger partial charge in [0.1, 0.15) is 0 Å². The lowest BCUT2D eigenvalue weighted by atomic mass is 10.5. The summed E-state index contributed by atoms with van der Waals surface area (Å²) < 4.78 is 29.0. The van der Waals surface area contributed by atoms with Crippen LogP contribution < -0.4 is 0 Å². The van der Waals surface area contributed by atoms with Gasteiger partial charge in [0.05, 0.1) is 6.67 Å². The highest BCUT2D eigenvalue weighted by atomic mass is 19.4. The lowest BCUT2D eigenvalue weighted by Gasteiger charge is -2.14. The lowest BCUT2D eigenvalue weighted by molar-refractivity contribution is 0.308. The Morgan fingerprint density at radius 2 is 1.83 bits per heavy atom. The monoisotopic (exact) mass is 180 g/mol. The first-order valence-electron chi connectivity index (χ1n) is 3.61. The highest BCUT2D eigenvalue weighted by Crippen LogP contribution is 2.00. The van der Waals surface area contributed by atoms with Crippen molar-refractivity contribution in [3.05, 3.63) is 12.4 Å². The molecule has 0 aromatic rings. The van der Waals surface area contributed by atoms with Crippen LogP contribution >= 0.6 is 0 Å². The van der Waals surface area contributed by atoms with E-state index in [9.17, 15) is 12.9 Å². The molecule has 0 unspecified atom stereocenters. The van der Waals surface area contributed by atoms with Crippen LogP contribution in [0.25, 0.3) is 0 Å². The van der Waals surface area contributed by atoms with E-state index >= 15 is 0 Å². The second-order valence-electron chi connectivity index (χ2n) is 2.35. The molecule has 0 aromatic carbocycles. The van der Waals surface area contributed by atoms with Gasteiger partial charge in [0.15, 0.2) is 0 Å². The van der Waals surface area contributed by atoms with Crippen molar-refractivity contribution in [1.82, 2.24) is 9.80 Å². The van der Waals surface area contributed by atoms with Gasteiger partial charge in [-0.15, -0.1) is 0 Å². The molecule has 2 nitrogen and oxygen atoms in total. The predicted octanol–water partition coefficient (Wildman–Crippen LogP) is 1.56. The predicted molar refractivity (Wildman–Crippen MR) is 43.2 cm³/mol. The third kappa shape index (κ3) is 5.94. The van der Waals surface area contributed by atoms with Crippen LogP contribution in [0.3, 0.4) is 0 Å². The fourth-order valence-electron chi connectivity index (χ4n) is 0.794. The Hall–Kier alpha value is -0.805. The van der Waals surface area contributed by atoms with E-state index in [2.05, 4.69) is 36.2 Å². The summed E-state index contributed by atoms with van der Waals surface area (Å²) in [7, 11) is -1.59. The van der Waals surface area contributed by atoms with Crippen molar-refractivity contribution < 1.29 is 12.9 Å². The first-order valence-corrected chi connectivity index (χ1v) is 3.61. The number of hydrogen-bond acceptors (Lipinski definition) is 2. The number of nitrogens with zero attached hydrogens (tertiary/aromatic N) is 2. The molecule has 1 heterocycles. The molecule has 0 spiro atoms.